The van der Waals surface area contributed by atoms with Gasteiger partial charge in [0, 0.05) is 6.61 Å². The van der Waals surface area contributed by atoms with E-state index in [2.05, 4.69) is 27.7 Å². The number of hydrogen-bond acceptors (Lipinski definition) is 2. The van der Waals surface area contributed by atoms with Crippen molar-refractivity contribution in [3.8, 4) is 0 Å². The molecule has 260 valence electrons. The minimum Gasteiger partial charge on any atom is -0.414 e. The van der Waals surface area contributed by atoms with Gasteiger partial charge in [-0.3, -0.25) is 0 Å². The van der Waals surface area contributed by atoms with E-state index in [0.717, 1.165) is 19.8 Å². The zero-order chi connectivity index (χ0) is 31.4. The van der Waals surface area contributed by atoms with Gasteiger partial charge in [0.05, 0.1) is 13.2 Å². The van der Waals surface area contributed by atoms with Gasteiger partial charge in [-0.2, -0.15) is 0 Å². The predicted molar refractivity (Wildman–Crippen MR) is 198 cm³/mol. The third kappa shape index (κ3) is 31.9. The molecule has 0 aromatic heterocycles. The van der Waals surface area contributed by atoms with Crippen LogP contribution in [0.4, 0.5) is 0 Å². The maximum Gasteiger partial charge on any atom is 0.192 e. The summed E-state index contributed by atoms with van der Waals surface area (Å²) in [6.07, 6.45) is 42.9. The molecular weight excluding hydrogens is 541 g/mol. The van der Waals surface area contributed by atoms with Crippen LogP contribution in [-0.2, 0) is 9.16 Å². The second kappa shape index (κ2) is 36.6. The van der Waals surface area contributed by atoms with Crippen molar-refractivity contribution in [3.63, 3.8) is 0 Å². The van der Waals surface area contributed by atoms with Gasteiger partial charge in [0.2, 0.25) is 0 Å². The molecule has 0 aromatic carbocycles. The van der Waals surface area contributed by atoms with Crippen molar-refractivity contribution >= 4 is 8.32 Å². The third-order valence-corrected chi connectivity index (χ3v) is 14.4. The highest BCUT2D eigenvalue weighted by molar-refractivity contribution is 6.73. The Kier molecular flexibility index (Phi) is 36.7. The zero-order valence-electron chi connectivity index (χ0n) is 30.8. The molecule has 0 aliphatic carbocycles. The molecule has 3 heteroatoms. The monoisotopic (exact) mass is 625 g/mol. The van der Waals surface area contributed by atoms with Crippen LogP contribution in [0.5, 0.6) is 0 Å². The lowest BCUT2D eigenvalue weighted by molar-refractivity contribution is 0.105. The van der Waals surface area contributed by atoms with Crippen LogP contribution in [0.2, 0.25) is 18.1 Å². The van der Waals surface area contributed by atoms with E-state index >= 15 is 0 Å². The van der Waals surface area contributed by atoms with Crippen LogP contribution >= 0.6 is 0 Å². The van der Waals surface area contributed by atoms with Crippen LogP contribution in [0.1, 0.15) is 220 Å². The SMILES string of the molecule is CCCCCCCCCCCC[Si](CCCCCCCCCCCC)(CCCCCCCCCCCC)OCCOCC. The molecule has 0 spiro atoms. The maximum atomic E-state index is 6.99. The smallest absolute Gasteiger partial charge is 0.192 e. The molecule has 0 heterocycles. The molecule has 0 N–H and O–H groups in total. The highest BCUT2D eigenvalue weighted by atomic mass is 28.4. The summed E-state index contributed by atoms with van der Waals surface area (Å²) < 4.78 is 12.7. The molecule has 0 aliphatic rings. The number of hydrogen-bond donors (Lipinski definition) is 0. The minimum atomic E-state index is -1.70. The van der Waals surface area contributed by atoms with E-state index in [-0.39, 0.29) is 0 Å². The molecule has 2 nitrogen and oxygen atoms in total. The summed E-state index contributed by atoms with van der Waals surface area (Å²) in [5.74, 6) is 0. The quantitative estimate of drug-likeness (QED) is 0.0502. The fourth-order valence-electron chi connectivity index (χ4n) is 6.86. The number of ether oxygens (including phenoxy) is 1. The van der Waals surface area contributed by atoms with E-state index in [4.69, 9.17) is 9.16 Å². The van der Waals surface area contributed by atoms with Gasteiger partial charge in [-0.15, -0.1) is 0 Å². The molecule has 0 saturated heterocycles. The van der Waals surface area contributed by atoms with Crippen molar-refractivity contribution in [1.29, 1.82) is 0 Å². The molecule has 0 rings (SSSR count). The second-order valence-electron chi connectivity index (χ2n) is 14.0. The average Bonchev–Trinajstić information content (AvgIpc) is 3.02. The van der Waals surface area contributed by atoms with Crippen LogP contribution in [-0.4, -0.2) is 28.1 Å². The maximum absolute atomic E-state index is 6.99. The Bertz CT molecular complexity index is 437. The molecule has 0 saturated carbocycles. The van der Waals surface area contributed by atoms with Crippen LogP contribution < -0.4 is 0 Å². The summed E-state index contributed by atoms with van der Waals surface area (Å²) in [6.45, 7) is 11.5. The molecule has 0 bridgehead atoms. The summed E-state index contributed by atoms with van der Waals surface area (Å²) in [4.78, 5) is 0. The molecule has 0 amide bonds. The van der Waals surface area contributed by atoms with Crippen molar-refractivity contribution in [1.82, 2.24) is 0 Å². The Morgan fingerprint density at radius 3 is 0.814 bits per heavy atom. The Morgan fingerprint density at radius 1 is 0.302 bits per heavy atom. The van der Waals surface area contributed by atoms with E-state index in [1.807, 2.05) is 0 Å². The standard InChI is InChI=1S/C40H84O2Si/c1-5-9-12-15-18-21-24-27-30-33-38-43(42-37-36-41-8-4,39-34-31-28-25-22-19-16-13-10-6-2)40-35-32-29-26-23-20-17-14-11-7-3/h5-40H2,1-4H3. The van der Waals surface area contributed by atoms with Crippen molar-refractivity contribution in [3.05, 3.63) is 0 Å². The van der Waals surface area contributed by atoms with Gasteiger partial charge >= 0.3 is 0 Å². The molecule has 0 atom stereocenters. The first kappa shape index (κ1) is 43.1. The third-order valence-electron chi connectivity index (χ3n) is 9.80. The fraction of sp³-hybridized carbons (Fsp3) is 1.00. The average molecular weight is 625 g/mol. The van der Waals surface area contributed by atoms with Gasteiger partial charge < -0.3 is 9.16 Å². The highest BCUT2D eigenvalue weighted by Gasteiger charge is 2.33. The van der Waals surface area contributed by atoms with E-state index < -0.39 is 8.32 Å². The summed E-state index contributed by atoms with van der Waals surface area (Å²) in [7, 11) is -1.70. The zero-order valence-corrected chi connectivity index (χ0v) is 31.8. The van der Waals surface area contributed by atoms with Crippen LogP contribution in [0.3, 0.4) is 0 Å². The lowest BCUT2D eigenvalue weighted by Crippen LogP contribution is -2.39. The topological polar surface area (TPSA) is 18.5 Å². The second-order valence-corrected chi connectivity index (χ2v) is 18.2. The van der Waals surface area contributed by atoms with Crippen molar-refractivity contribution in [2.75, 3.05) is 19.8 Å². The summed E-state index contributed by atoms with van der Waals surface area (Å²) >= 11 is 0. The summed E-state index contributed by atoms with van der Waals surface area (Å²) in [5, 5.41) is 0. The molecule has 0 aromatic rings. The van der Waals surface area contributed by atoms with Crippen molar-refractivity contribution < 1.29 is 9.16 Å². The van der Waals surface area contributed by atoms with E-state index in [1.54, 1.807) is 0 Å². The summed E-state index contributed by atoms with van der Waals surface area (Å²) in [5.41, 5.74) is 0. The van der Waals surface area contributed by atoms with Gasteiger partial charge in [-0.25, -0.2) is 0 Å². The molecule has 0 unspecified atom stereocenters. The first-order valence-electron chi connectivity index (χ1n) is 20.5. The Labute approximate surface area is 275 Å². The number of unbranched alkanes of at least 4 members (excludes halogenated alkanes) is 27. The lowest BCUT2D eigenvalue weighted by Gasteiger charge is -2.32. The van der Waals surface area contributed by atoms with Gasteiger partial charge in [0.15, 0.2) is 8.32 Å². The van der Waals surface area contributed by atoms with Crippen LogP contribution in [0, 0.1) is 0 Å². The van der Waals surface area contributed by atoms with Gasteiger partial charge in [-0.1, -0.05) is 213 Å². The largest absolute Gasteiger partial charge is 0.414 e. The van der Waals surface area contributed by atoms with E-state index in [1.165, 1.54) is 211 Å². The minimum absolute atomic E-state index is 0.791. The normalized spacial score (nSPS) is 12.0. The van der Waals surface area contributed by atoms with Gasteiger partial charge in [0.1, 0.15) is 0 Å². The molecule has 43 heavy (non-hydrogen) atoms. The Morgan fingerprint density at radius 2 is 0.558 bits per heavy atom. The lowest BCUT2D eigenvalue weighted by atomic mass is 10.1. The number of rotatable bonds is 38. The van der Waals surface area contributed by atoms with Crippen LogP contribution in [0.25, 0.3) is 0 Å². The first-order valence-corrected chi connectivity index (χ1v) is 23.0. The first-order chi connectivity index (χ1) is 21.2. The van der Waals surface area contributed by atoms with Gasteiger partial charge in [0.25, 0.3) is 0 Å². The molecular formula is C40H84O2Si. The van der Waals surface area contributed by atoms with Crippen molar-refractivity contribution in [2.24, 2.45) is 0 Å². The molecule has 0 aliphatic heterocycles. The summed E-state index contributed by atoms with van der Waals surface area (Å²) in [6, 6.07) is 4.22. The van der Waals surface area contributed by atoms with E-state index in [0.29, 0.717) is 0 Å². The van der Waals surface area contributed by atoms with Crippen molar-refractivity contribution in [2.45, 2.75) is 238 Å². The van der Waals surface area contributed by atoms with Crippen LogP contribution in [0.15, 0.2) is 0 Å². The molecule has 0 fully saturated rings. The highest BCUT2D eigenvalue weighted by Crippen LogP contribution is 2.31. The van der Waals surface area contributed by atoms with E-state index in [9.17, 15) is 0 Å². The molecule has 0 radical (unpaired) electrons. The Balaban J connectivity index is 4.66. The van der Waals surface area contributed by atoms with Gasteiger partial charge in [-0.05, 0) is 25.1 Å². The fourth-order valence-corrected chi connectivity index (χ4v) is 11.2. The predicted octanol–water partition coefficient (Wildman–Crippen LogP) is 14.7. The Hall–Kier alpha value is 0.137.